The number of carboxylic acid groups (broad SMARTS) is 2. The van der Waals surface area contributed by atoms with Crippen LogP contribution in [-0.2, 0) is 19.7 Å². The Morgan fingerprint density at radius 2 is 1.00 bits per heavy atom. The van der Waals surface area contributed by atoms with Gasteiger partial charge in [0.25, 0.3) is 0 Å². The number of hydrogen-bond donors (Lipinski definition) is 2. The standard InChI is InChI=1S/C20H12N2O8S4/c23-17(24)11-5-1-3-7-15(11)33(27,28)19-21-13(9-31-19)14-10-32-20(22-14)34(29,30)16-8-4-2-6-12(16)18(25)26/h1-10H,(H,23,24)(H,25,26). The van der Waals surface area contributed by atoms with Crippen molar-refractivity contribution >= 4 is 54.3 Å². The molecule has 0 aliphatic heterocycles. The van der Waals surface area contributed by atoms with Crippen LogP contribution in [0.2, 0.25) is 0 Å². The second kappa shape index (κ2) is 8.72. The van der Waals surface area contributed by atoms with Gasteiger partial charge in [-0.05, 0) is 24.3 Å². The second-order valence-corrected chi connectivity index (χ2v) is 12.5. The summed E-state index contributed by atoms with van der Waals surface area (Å²) < 4.78 is 51.1. The summed E-state index contributed by atoms with van der Waals surface area (Å²) in [6.07, 6.45) is 0. The molecule has 0 fully saturated rings. The van der Waals surface area contributed by atoms with Crippen molar-refractivity contribution in [2.75, 3.05) is 0 Å². The molecular formula is C20H12N2O8S4. The third-order valence-corrected chi connectivity index (χ3v) is 10.6. The van der Waals surface area contributed by atoms with Crippen LogP contribution < -0.4 is 0 Å². The molecule has 0 saturated carbocycles. The van der Waals surface area contributed by atoms with Crippen molar-refractivity contribution in [2.24, 2.45) is 0 Å². The maximum Gasteiger partial charge on any atom is 0.337 e. The largest absolute Gasteiger partial charge is 0.478 e. The molecule has 174 valence electrons. The van der Waals surface area contributed by atoms with Crippen molar-refractivity contribution in [3.05, 3.63) is 70.4 Å². The maximum atomic E-state index is 13.0. The molecule has 0 unspecified atom stereocenters. The van der Waals surface area contributed by atoms with Gasteiger partial charge in [-0.1, -0.05) is 24.3 Å². The van der Waals surface area contributed by atoms with Gasteiger partial charge in [-0.15, -0.1) is 22.7 Å². The van der Waals surface area contributed by atoms with Crippen molar-refractivity contribution < 1.29 is 36.6 Å². The SMILES string of the molecule is O=C(O)c1ccccc1S(=O)(=O)c1nc(-c2csc(S(=O)(=O)c3ccccc3C(=O)O)n2)cs1. The lowest BCUT2D eigenvalue weighted by Crippen LogP contribution is -2.09. The lowest BCUT2D eigenvalue weighted by molar-refractivity contribution is 0.0682. The Hall–Kier alpha value is -3.46. The molecule has 2 heterocycles. The van der Waals surface area contributed by atoms with Crippen LogP contribution >= 0.6 is 22.7 Å². The smallest absolute Gasteiger partial charge is 0.337 e. The fourth-order valence-corrected chi connectivity index (χ4v) is 8.07. The molecular weight excluding hydrogens is 524 g/mol. The number of carboxylic acids is 2. The summed E-state index contributed by atoms with van der Waals surface area (Å²) in [5.41, 5.74) is -0.669. The third-order valence-electron chi connectivity index (χ3n) is 4.50. The Morgan fingerprint density at radius 1 is 0.647 bits per heavy atom. The number of nitrogens with zero attached hydrogens (tertiary/aromatic N) is 2. The van der Waals surface area contributed by atoms with E-state index in [1.807, 2.05) is 0 Å². The molecule has 14 heteroatoms. The molecule has 2 N–H and O–H groups in total. The molecule has 2 aromatic heterocycles. The van der Waals surface area contributed by atoms with E-state index in [0.29, 0.717) is 0 Å². The average molecular weight is 537 g/mol. The Bertz CT molecular complexity index is 1530. The van der Waals surface area contributed by atoms with Crippen LogP contribution in [-0.4, -0.2) is 49.0 Å². The van der Waals surface area contributed by atoms with Gasteiger partial charge in [-0.25, -0.2) is 36.4 Å². The van der Waals surface area contributed by atoms with Crippen molar-refractivity contribution in [1.82, 2.24) is 9.97 Å². The van der Waals surface area contributed by atoms with E-state index >= 15 is 0 Å². The molecule has 0 radical (unpaired) electrons. The maximum absolute atomic E-state index is 13.0. The molecule has 2 aromatic carbocycles. The number of rotatable bonds is 7. The fourth-order valence-electron chi connectivity index (χ4n) is 2.94. The first-order chi connectivity index (χ1) is 16.0. The molecule has 4 aromatic rings. The van der Waals surface area contributed by atoms with Gasteiger partial charge < -0.3 is 10.2 Å². The van der Waals surface area contributed by atoms with Gasteiger partial charge in [0.05, 0.1) is 20.9 Å². The van der Waals surface area contributed by atoms with Gasteiger partial charge >= 0.3 is 11.9 Å². The molecule has 0 bridgehead atoms. The van der Waals surface area contributed by atoms with E-state index in [9.17, 15) is 36.6 Å². The van der Waals surface area contributed by atoms with Crippen LogP contribution in [0.5, 0.6) is 0 Å². The predicted molar refractivity (Wildman–Crippen MR) is 121 cm³/mol. The van der Waals surface area contributed by atoms with Crippen LogP contribution in [0.1, 0.15) is 20.7 Å². The zero-order valence-electron chi connectivity index (χ0n) is 16.6. The molecule has 34 heavy (non-hydrogen) atoms. The van der Waals surface area contributed by atoms with Crippen molar-refractivity contribution in [2.45, 2.75) is 18.5 Å². The van der Waals surface area contributed by atoms with Crippen molar-refractivity contribution in [1.29, 1.82) is 0 Å². The first-order valence-electron chi connectivity index (χ1n) is 9.09. The average Bonchev–Trinajstić information content (AvgIpc) is 3.49. The van der Waals surface area contributed by atoms with Crippen molar-refractivity contribution in [3.8, 4) is 11.4 Å². The van der Waals surface area contributed by atoms with Crippen LogP contribution in [0.4, 0.5) is 0 Å². The number of hydrogen-bond acceptors (Lipinski definition) is 10. The van der Waals surface area contributed by atoms with E-state index in [2.05, 4.69) is 9.97 Å². The molecule has 4 rings (SSSR count). The van der Waals surface area contributed by atoms with Crippen LogP contribution in [0.3, 0.4) is 0 Å². The van der Waals surface area contributed by atoms with E-state index in [1.54, 1.807) is 0 Å². The molecule has 0 atom stereocenters. The summed E-state index contributed by atoms with van der Waals surface area (Å²) in [4.78, 5) is 30.1. The zero-order valence-corrected chi connectivity index (χ0v) is 19.9. The van der Waals surface area contributed by atoms with Crippen LogP contribution in [0.25, 0.3) is 11.4 Å². The number of aromatic nitrogens is 2. The van der Waals surface area contributed by atoms with Gasteiger partial charge in [0.15, 0.2) is 0 Å². The highest BCUT2D eigenvalue weighted by molar-refractivity contribution is 7.93. The van der Waals surface area contributed by atoms with Crippen molar-refractivity contribution in [3.63, 3.8) is 0 Å². The molecule has 10 nitrogen and oxygen atoms in total. The fraction of sp³-hybridized carbons (Fsp3) is 0. The molecule has 0 aliphatic carbocycles. The van der Waals surface area contributed by atoms with Gasteiger partial charge in [-0.3, -0.25) is 0 Å². The summed E-state index contributed by atoms with van der Waals surface area (Å²) in [6.45, 7) is 0. The minimum atomic E-state index is -4.26. The van der Waals surface area contributed by atoms with Crippen LogP contribution in [0, 0.1) is 0 Å². The quantitative estimate of drug-likeness (QED) is 0.357. The van der Waals surface area contributed by atoms with Gasteiger partial charge in [0.1, 0.15) is 11.4 Å². The first-order valence-corrected chi connectivity index (χ1v) is 13.8. The highest BCUT2D eigenvalue weighted by Gasteiger charge is 2.29. The molecule has 0 spiro atoms. The van der Waals surface area contributed by atoms with Gasteiger partial charge in [0, 0.05) is 10.8 Å². The Labute approximate surface area is 200 Å². The number of carbonyl (C=O) groups is 2. The minimum absolute atomic E-state index is 0.0700. The van der Waals surface area contributed by atoms with E-state index < -0.39 is 52.5 Å². The van der Waals surface area contributed by atoms with Gasteiger partial charge in [-0.2, -0.15) is 0 Å². The third kappa shape index (κ3) is 4.11. The molecule has 0 amide bonds. The Morgan fingerprint density at radius 3 is 1.35 bits per heavy atom. The van der Waals surface area contributed by atoms with E-state index in [1.165, 1.54) is 35.0 Å². The number of sulfone groups is 2. The topological polar surface area (TPSA) is 169 Å². The highest BCUT2D eigenvalue weighted by atomic mass is 32.2. The Kier molecular flexibility index (Phi) is 6.07. The summed E-state index contributed by atoms with van der Waals surface area (Å²) in [7, 11) is -8.53. The summed E-state index contributed by atoms with van der Waals surface area (Å²) >= 11 is 1.46. The summed E-state index contributed by atoms with van der Waals surface area (Å²) in [6, 6.07) is 10.2. The van der Waals surface area contributed by atoms with Crippen LogP contribution in [0.15, 0.2) is 77.8 Å². The highest BCUT2D eigenvalue weighted by Crippen LogP contribution is 2.33. The predicted octanol–water partition coefficient (Wildman–Crippen LogP) is 3.33. The normalized spacial score (nSPS) is 11.9. The minimum Gasteiger partial charge on any atom is -0.478 e. The molecule has 0 aliphatic rings. The zero-order chi connectivity index (χ0) is 24.7. The molecule has 0 saturated heterocycles. The van der Waals surface area contributed by atoms with E-state index in [-0.39, 0.29) is 20.1 Å². The number of aromatic carboxylic acids is 2. The number of thiazole rings is 2. The lowest BCUT2D eigenvalue weighted by Gasteiger charge is -2.05. The lowest BCUT2D eigenvalue weighted by atomic mass is 10.2. The summed E-state index contributed by atoms with van der Waals surface area (Å²) in [5, 5.41) is 21.3. The summed E-state index contributed by atoms with van der Waals surface area (Å²) in [5.74, 6) is -2.82. The second-order valence-electron chi connectivity index (χ2n) is 6.61. The first kappa shape index (κ1) is 23.7. The monoisotopic (exact) mass is 536 g/mol. The van der Waals surface area contributed by atoms with E-state index in [0.717, 1.165) is 46.9 Å². The van der Waals surface area contributed by atoms with E-state index in [4.69, 9.17) is 0 Å². The number of benzene rings is 2. The Balaban J connectivity index is 1.72. The van der Waals surface area contributed by atoms with Gasteiger partial charge in [0.2, 0.25) is 28.4 Å².